The predicted molar refractivity (Wildman–Crippen MR) is 143 cm³/mol. The van der Waals surface area contributed by atoms with Crippen LogP contribution in [0, 0.1) is 5.92 Å². The van der Waals surface area contributed by atoms with E-state index < -0.39 is 60.3 Å². The Balaban J connectivity index is 1.57. The van der Waals surface area contributed by atoms with E-state index in [1.165, 1.54) is 13.8 Å². The molecule has 0 radical (unpaired) electrons. The summed E-state index contributed by atoms with van der Waals surface area (Å²) < 4.78 is 16.2. The Morgan fingerprint density at radius 2 is 1.71 bits per heavy atom. The van der Waals surface area contributed by atoms with E-state index in [4.69, 9.17) is 14.2 Å². The van der Waals surface area contributed by atoms with Crippen molar-refractivity contribution in [1.82, 2.24) is 9.62 Å². The van der Waals surface area contributed by atoms with Crippen LogP contribution >= 0.6 is 11.9 Å². The van der Waals surface area contributed by atoms with Crippen LogP contribution in [-0.2, 0) is 20.6 Å². The monoisotopic (exact) mass is 596 g/mol. The van der Waals surface area contributed by atoms with Crippen molar-refractivity contribution in [2.75, 3.05) is 13.2 Å². The Labute approximate surface area is 241 Å². The molecule has 1 amide bonds. The number of fused-ring (bicyclic) bond motifs is 1. The second-order valence-electron chi connectivity index (χ2n) is 10.6. The van der Waals surface area contributed by atoms with Crippen LogP contribution in [0.4, 0.5) is 4.79 Å². The van der Waals surface area contributed by atoms with Gasteiger partial charge < -0.3 is 50.5 Å². The molecule has 0 bridgehead atoms. The van der Waals surface area contributed by atoms with Gasteiger partial charge in [0.1, 0.15) is 5.60 Å². The number of ether oxygens (including phenoxy) is 3. The third-order valence-electron chi connectivity index (χ3n) is 7.08. The maximum absolute atomic E-state index is 13.0. The molecule has 0 spiro atoms. The van der Waals surface area contributed by atoms with Gasteiger partial charge in [-0.05, 0) is 56.3 Å². The highest BCUT2D eigenvalue weighted by Gasteiger charge is 2.70. The van der Waals surface area contributed by atoms with E-state index in [-0.39, 0.29) is 19.4 Å². The fraction of sp³-hybridized carbons (Fsp3) is 0.519. The number of rotatable bonds is 11. The maximum Gasteiger partial charge on any atom is 0.410 e. The molecule has 5 unspecified atom stereocenters. The summed E-state index contributed by atoms with van der Waals surface area (Å²) in [5, 5.41) is 77.5. The van der Waals surface area contributed by atoms with Crippen LogP contribution in [0.3, 0.4) is 0 Å². The average molecular weight is 597 g/mol. The van der Waals surface area contributed by atoms with Crippen LogP contribution in [0.5, 0.6) is 0 Å². The van der Waals surface area contributed by atoms with E-state index in [1.807, 2.05) is 0 Å². The first kappa shape index (κ1) is 31.6. The van der Waals surface area contributed by atoms with Crippen LogP contribution in [-0.4, -0.2) is 101 Å². The molecule has 0 saturated carbocycles. The average Bonchev–Trinajstić information content (AvgIpc) is 3.42. The Morgan fingerprint density at radius 3 is 2.32 bits per heavy atom. The Morgan fingerprint density at radius 1 is 1.10 bits per heavy atom. The molecule has 41 heavy (non-hydrogen) atoms. The number of hydrogen-bond acceptors (Lipinski definition) is 13. The molecule has 2 aromatic rings. The number of benzene rings is 2. The zero-order valence-electron chi connectivity index (χ0n) is 22.5. The van der Waals surface area contributed by atoms with Gasteiger partial charge in [-0.25, -0.2) is 4.79 Å². The highest BCUT2D eigenvalue weighted by atomic mass is 32.2. The SMILES string of the molecule is CC(C)(O)C(O)(O)N(CC(O)C(Cc1ccccc1)NC(=O)OC1(O)C2CCOC2OC1(O)O)Sc1ccccc1. The summed E-state index contributed by atoms with van der Waals surface area (Å²) in [7, 11) is 0. The Kier molecular flexibility index (Phi) is 9.33. The fourth-order valence-corrected chi connectivity index (χ4v) is 5.71. The van der Waals surface area contributed by atoms with Gasteiger partial charge in [-0.2, -0.15) is 4.31 Å². The highest BCUT2D eigenvalue weighted by Crippen LogP contribution is 2.47. The molecule has 2 aromatic carbocycles. The molecule has 4 rings (SSSR count). The number of alkyl carbamates (subject to hydrolysis) is 1. The van der Waals surface area contributed by atoms with Crippen LogP contribution in [0.1, 0.15) is 25.8 Å². The van der Waals surface area contributed by atoms with Crippen molar-refractivity contribution >= 4 is 18.0 Å². The third-order valence-corrected chi connectivity index (χ3v) is 8.19. The first-order valence-corrected chi connectivity index (χ1v) is 13.8. The lowest BCUT2D eigenvalue weighted by Crippen LogP contribution is -2.63. The molecule has 2 saturated heterocycles. The maximum atomic E-state index is 13.0. The van der Waals surface area contributed by atoms with Gasteiger partial charge in [0.15, 0.2) is 6.29 Å². The molecule has 13 nitrogen and oxygen atoms in total. The van der Waals surface area contributed by atoms with Gasteiger partial charge >= 0.3 is 17.9 Å². The molecular formula is C27H36N2O11S. The van der Waals surface area contributed by atoms with Crippen molar-refractivity contribution in [3.63, 3.8) is 0 Å². The first-order chi connectivity index (χ1) is 19.1. The quantitative estimate of drug-likeness (QED) is 0.126. The normalized spacial score (nSPS) is 25.5. The number of aliphatic hydroxyl groups is 7. The van der Waals surface area contributed by atoms with Crippen LogP contribution in [0.25, 0.3) is 0 Å². The molecule has 226 valence electrons. The van der Waals surface area contributed by atoms with Crippen LogP contribution < -0.4 is 5.32 Å². The number of carbonyl (C=O) groups is 1. The van der Waals surface area contributed by atoms with Crippen molar-refractivity contribution in [3.05, 3.63) is 66.2 Å². The minimum Gasteiger partial charge on any atom is -0.407 e. The van der Waals surface area contributed by atoms with E-state index >= 15 is 0 Å². The van der Waals surface area contributed by atoms with E-state index in [0.717, 1.165) is 16.3 Å². The lowest BCUT2D eigenvalue weighted by molar-refractivity contribution is -0.439. The summed E-state index contributed by atoms with van der Waals surface area (Å²) in [5.74, 6) is -10.1. The fourth-order valence-electron chi connectivity index (χ4n) is 4.60. The first-order valence-electron chi connectivity index (χ1n) is 13.0. The second-order valence-corrected chi connectivity index (χ2v) is 11.7. The van der Waals surface area contributed by atoms with Gasteiger partial charge in [-0.15, -0.1) is 0 Å². The van der Waals surface area contributed by atoms with E-state index in [2.05, 4.69) is 5.32 Å². The minimum atomic E-state index is -3.25. The largest absolute Gasteiger partial charge is 0.410 e. The number of hydrogen-bond donors (Lipinski definition) is 8. The molecule has 5 atom stereocenters. The predicted octanol–water partition coefficient (Wildman–Crippen LogP) is -0.177. The van der Waals surface area contributed by atoms with Gasteiger partial charge in [0, 0.05) is 11.4 Å². The summed E-state index contributed by atoms with van der Waals surface area (Å²) in [4.78, 5) is 13.6. The number of amides is 1. The number of aliphatic hydroxyl groups excluding tert-OH is 1. The van der Waals surface area contributed by atoms with Gasteiger partial charge in [0.05, 0.1) is 24.7 Å². The summed E-state index contributed by atoms with van der Waals surface area (Å²) in [5.41, 5.74) is -1.38. The van der Waals surface area contributed by atoms with E-state index in [9.17, 15) is 40.5 Å². The minimum absolute atomic E-state index is 0.0286. The van der Waals surface area contributed by atoms with E-state index in [1.54, 1.807) is 60.7 Å². The second kappa shape index (κ2) is 12.1. The summed E-state index contributed by atoms with van der Waals surface area (Å²) in [6.07, 6.45) is -3.88. The standard InChI is InChI=1S/C27H36N2O11S/c1-24(2,32)26(34,35)29(41-18-11-7-4-8-12-18)16-21(30)20(15-17-9-5-3-6-10-17)28-23(31)40-25(33)19-13-14-38-22(19)39-27(25,36)37/h3-12,19-22,30,32-37H,13-16H2,1-2H3,(H,28,31). The molecule has 2 aliphatic rings. The molecule has 14 heteroatoms. The molecule has 8 N–H and O–H groups in total. The zero-order chi connectivity index (χ0) is 30.1. The third kappa shape index (κ3) is 6.84. The Hall–Kier alpha value is -2.34. The molecule has 2 aliphatic heterocycles. The van der Waals surface area contributed by atoms with Gasteiger partial charge in [0.2, 0.25) is 0 Å². The molecule has 0 aliphatic carbocycles. The molecule has 0 aromatic heterocycles. The summed E-state index contributed by atoms with van der Waals surface area (Å²) in [6.45, 7) is 2.03. The Bertz CT molecular complexity index is 1160. The van der Waals surface area contributed by atoms with Gasteiger partial charge in [-0.1, -0.05) is 48.5 Å². The van der Waals surface area contributed by atoms with Crippen molar-refractivity contribution < 1.29 is 54.8 Å². The zero-order valence-corrected chi connectivity index (χ0v) is 23.3. The lowest BCUT2D eigenvalue weighted by atomic mass is 9.97. The lowest BCUT2D eigenvalue weighted by Gasteiger charge is -2.43. The number of carbonyl (C=O) groups excluding carboxylic acids is 1. The van der Waals surface area contributed by atoms with Gasteiger partial charge in [0.25, 0.3) is 5.91 Å². The summed E-state index contributed by atoms with van der Waals surface area (Å²) in [6, 6.07) is 16.2. The van der Waals surface area contributed by atoms with Crippen molar-refractivity contribution in [3.8, 4) is 0 Å². The van der Waals surface area contributed by atoms with Crippen molar-refractivity contribution in [2.45, 2.75) is 73.3 Å². The van der Waals surface area contributed by atoms with Crippen LogP contribution in [0.2, 0.25) is 0 Å². The smallest absolute Gasteiger partial charge is 0.407 e. The van der Waals surface area contributed by atoms with Crippen molar-refractivity contribution in [2.24, 2.45) is 5.92 Å². The molecule has 2 fully saturated rings. The van der Waals surface area contributed by atoms with Crippen LogP contribution in [0.15, 0.2) is 65.6 Å². The van der Waals surface area contributed by atoms with Gasteiger partial charge in [-0.3, -0.25) is 4.74 Å². The summed E-state index contributed by atoms with van der Waals surface area (Å²) >= 11 is 0.862. The highest BCUT2D eigenvalue weighted by molar-refractivity contribution is 7.97. The molecular weight excluding hydrogens is 560 g/mol. The number of nitrogens with zero attached hydrogens (tertiary/aromatic N) is 1. The van der Waals surface area contributed by atoms with E-state index in [0.29, 0.717) is 10.5 Å². The number of nitrogens with one attached hydrogen (secondary N) is 1. The molecule has 2 heterocycles. The topological polar surface area (TPSA) is 202 Å². The van der Waals surface area contributed by atoms with Crippen molar-refractivity contribution in [1.29, 1.82) is 0 Å².